The normalized spacial score (nSPS) is 10.9. The van der Waals surface area contributed by atoms with Gasteiger partial charge in [0.05, 0.1) is 6.54 Å². The molecular formula is C13H20N4O2. The molecule has 0 aliphatic rings. The molecule has 0 aliphatic carbocycles. The van der Waals surface area contributed by atoms with Gasteiger partial charge in [-0.25, -0.2) is 0 Å². The van der Waals surface area contributed by atoms with Gasteiger partial charge in [0.1, 0.15) is 0 Å². The number of rotatable bonds is 3. The van der Waals surface area contributed by atoms with Gasteiger partial charge in [0, 0.05) is 22.5 Å². The first-order chi connectivity index (χ1) is 8.67. The highest BCUT2D eigenvalue weighted by molar-refractivity contribution is 5.98. The van der Waals surface area contributed by atoms with E-state index in [2.05, 4.69) is 10.6 Å². The molecule has 0 bridgehead atoms. The zero-order chi connectivity index (χ0) is 14.6. The Labute approximate surface area is 112 Å². The maximum atomic E-state index is 11.8. The van der Waals surface area contributed by atoms with Gasteiger partial charge in [-0.2, -0.15) is 0 Å². The molecule has 0 radical (unpaired) electrons. The maximum Gasteiger partial charge on any atom is 0.251 e. The van der Waals surface area contributed by atoms with Gasteiger partial charge in [-0.1, -0.05) is 0 Å². The minimum atomic E-state index is -0.386. The van der Waals surface area contributed by atoms with Gasteiger partial charge in [-0.05, 0) is 39.0 Å². The van der Waals surface area contributed by atoms with Crippen molar-refractivity contribution in [1.82, 2.24) is 10.6 Å². The van der Waals surface area contributed by atoms with E-state index in [-0.39, 0.29) is 23.9 Å². The molecule has 6 nitrogen and oxygen atoms in total. The fraction of sp³-hybridized carbons (Fsp3) is 0.385. The number of nitrogens with one attached hydrogen (secondary N) is 2. The maximum absolute atomic E-state index is 11.8. The van der Waals surface area contributed by atoms with E-state index in [1.807, 2.05) is 20.8 Å². The predicted octanol–water partition coefficient (Wildman–Crippen LogP) is 0.496. The summed E-state index contributed by atoms with van der Waals surface area (Å²) in [6, 6.07) is 4.57. The van der Waals surface area contributed by atoms with Crippen LogP contribution in [0.4, 0.5) is 11.4 Å². The first-order valence-electron chi connectivity index (χ1n) is 5.92. The second-order valence-electron chi connectivity index (χ2n) is 5.37. The number of nitrogens with two attached hydrogens (primary N) is 2. The highest BCUT2D eigenvalue weighted by atomic mass is 16.2. The third kappa shape index (κ3) is 5.29. The smallest absolute Gasteiger partial charge is 0.251 e. The Morgan fingerprint density at radius 3 is 2.11 bits per heavy atom. The summed E-state index contributed by atoms with van der Waals surface area (Å²) in [7, 11) is 0. The molecule has 6 N–H and O–H groups in total. The quantitative estimate of drug-likeness (QED) is 0.596. The van der Waals surface area contributed by atoms with Gasteiger partial charge in [-0.3, -0.25) is 9.59 Å². The van der Waals surface area contributed by atoms with E-state index < -0.39 is 0 Å². The lowest BCUT2D eigenvalue weighted by atomic mass is 10.1. The Bertz CT molecular complexity index is 472. The molecule has 0 fully saturated rings. The van der Waals surface area contributed by atoms with Crippen molar-refractivity contribution < 1.29 is 9.59 Å². The van der Waals surface area contributed by atoms with E-state index in [4.69, 9.17) is 11.5 Å². The Balaban J connectivity index is 2.58. The summed E-state index contributed by atoms with van der Waals surface area (Å²) >= 11 is 0. The van der Waals surface area contributed by atoms with Crippen molar-refractivity contribution in [3.63, 3.8) is 0 Å². The molecule has 1 rings (SSSR count). The summed E-state index contributed by atoms with van der Waals surface area (Å²) in [6.07, 6.45) is 0. The molecule has 0 spiro atoms. The number of amides is 2. The third-order valence-corrected chi connectivity index (χ3v) is 2.16. The lowest BCUT2D eigenvalue weighted by Gasteiger charge is -2.20. The van der Waals surface area contributed by atoms with Crippen LogP contribution in [0.15, 0.2) is 18.2 Å². The van der Waals surface area contributed by atoms with Gasteiger partial charge >= 0.3 is 0 Å². The number of hydrogen-bond donors (Lipinski definition) is 4. The van der Waals surface area contributed by atoms with Gasteiger partial charge in [0.25, 0.3) is 5.91 Å². The van der Waals surface area contributed by atoms with E-state index in [0.29, 0.717) is 16.9 Å². The van der Waals surface area contributed by atoms with Crippen LogP contribution in [0.1, 0.15) is 31.1 Å². The van der Waals surface area contributed by atoms with Crippen molar-refractivity contribution in [2.45, 2.75) is 26.3 Å². The predicted molar refractivity (Wildman–Crippen MR) is 75.5 cm³/mol. The lowest BCUT2D eigenvalue weighted by Crippen LogP contribution is -2.45. The topological polar surface area (TPSA) is 110 Å². The standard InChI is InChI=1S/C13H20N4O2/c1-13(2,3)17-11(18)7-16-12(19)8-4-9(14)6-10(15)5-8/h4-6H,7,14-15H2,1-3H3,(H,16,19)(H,17,18). The molecule has 0 saturated heterocycles. The minimum absolute atomic E-state index is 0.0925. The zero-order valence-electron chi connectivity index (χ0n) is 11.4. The van der Waals surface area contributed by atoms with Crippen LogP contribution in [0.3, 0.4) is 0 Å². The molecule has 104 valence electrons. The molecular weight excluding hydrogens is 244 g/mol. The Kier molecular flexibility index (Phi) is 4.37. The fourth-order valence-corrected chi connectivity index (χ4v) is 1.53. The number of nitrogen functional groups attached to an aromatic ring is 2. The van der Waals surface area contributed by atoms with Crippen molar-refractivity contribution in [3.8, 4) is 0 Å². The summed E-state index contributed by atoms with van der Waals surface area (Å²) in [6.45, 7) is 5.51. The first-order valence-corrected chi connectivity index (χ1v) is 5.92. The van der Waals surface area contributed by atoms with E-state index in [1.54, 1.807) is 6.07 Å². The second-order valence-corrected chi connectivity index (χ2v) is 5.37. The molecule has 19 heavy (non-hydrogen) atoms. The molecule has 0 heterocycles. The van der Waals surface area contributed by atoms with Gasteiger partial charge in [0.2, 0.25) is 5.91 Å². The van der Waals surface area contributed by atoms with E-state index >= 15 is 0 Å². The summed E-state index contributed by atoms with van der Waals surface area (Å²) < 4.78 is 0. The van der Waals surface area contributed by atoms with E-state index in [9.17, 15) is 9.59 Å². The van der Waals surface area contributed by atoms with Crippen LogP contribution in [0.2, 0.25) is 0 Å². The molecule has 0 unspecified atom stereocenters. The van der Waals surface area contributed by atoms with Crippen molar-refractivity contribution in [2.75, 3.05) is 18.0 Å². The Morgan fingerprint density at radius 2 is 1.63 bits per heavy atom. The van der Waals surface area contributed by atoms with Gasteiger partial charge in [-0.15, -0.1) is 0 Å². The Morgan fingerprint density at radius 1 is 1.11 bits per heavy atom. The molecule has 0 atom stereocenters. The number of carbonyl (C=O) groups is 2. The zero-order valence-corrected chi connectivity index (χ0v) is 11.4. The highest BCUT2D eigenvalue weighted by Gasteiger charge is 2.14. The van der Waals surface area contributed by atoms with Gasteiger partial charge in [0.15, 0.2) is 0 Å². The van der Waals surface area contributed by atoms with Crippen molar-refractivity contribution in [2.24, 2.45) is 0 Å². The summed E-state index contributed by atoms with van der Waals surface area (Å²) in [5.74, 6) is -0.638. The SMILES string of the molecule is CC(C)(C)NC(=O)CNC(=O)c1cc(N)cc(N)c1. The van der Waals surface area contributed by atoms with Crippen LogP contribution in [-0.4, -0.2) is 23.9 Å². The average Bonchev–Trinajstić information content (AvgIpc) is 2.22. The summed E-state index contributed by atoms with van der Waals surface area (Å²) in [4.78, 5) is 23.4. The molecule has 1 aromatic rings. The van der Waals surface area contributed by atoms with Crippen LogP contribution in [0.5, 0.6) is 0 Å². The lowest BCUT2D eigenvalue weighted by molar-refractivity contribution is -0.121. The second kappa shape index (κ2) is 5.60. The van der Waals surface area contributed by atoms with Gasteiger partial charge < -0.3 is 22.1 Å². The van der Waals surface area contributed by atoms with E-state index in [0.717, 1.165) is 0 Å². The number of hydrogen-bond acceptors (Lipinski definition) is 4. The van der Waals surface area contributed by atoms with Crippen molar-refractivity contribution in [3.05, 3.63) is 23.8 Å². The molecule has 2 amide bonds. The van der Waals surface area contributed by atoms with E-state index in [1.165, 1.54) is 12.1 Å². The van der Waals surface area contributed by atoms with Crippen LogP contribution < -0.4 is 22.1 Å². The molecule has 6 heteroatoms. The molecule has 0 aromatic heterocycles. The highest BCUT2D eigenvalue weighted by Crippen LogP contribution is 2.13. The summed E-state index contributed by atoms with van der Waals surface area (Å²) in [5, 5.41) is 5.26. The largest absolute Gasteiger partial charge is 0.399 e. The minimum Gasteiger partial charge on any atom is -0.399 e. The number of benzene rings is 1. The third-order valence-electron chi connectivity index (χ3n) is 2.16. The molecule has 0 aliphatic heterocycles. The van der Waals surface area contributed by atoms with Crippen molar-refractivity contribution >= 4 is 23.2 Å². The Hall–Kier alpha value is -2.24. The fourth-order valence-electron chi connectivity index (χ4n) is 1.53. The molecule has 0 saturated carbocycles. The molecule has 1 aromatic carbocycles. The van der Waals surface area contributed by atoms with Crippen molar-refractivity contribution in [1.29, 1.82) is 0 Å². The number of anilines is 2. The van der Waals surface area contributed by atoms with Crippen LogP contribution in [0, 0.1) is 0 Å². The first kappa shape index (κ1) is 14.8. The summed E-state index contributed by atoms with van der Waals surface area (Å²) in [5.41, 5.74) is 12.0. The van der Waals surface area contributed by atoms with Crippen LogP contribution >= 0.6 is 0 Å². The number of carbonyl (C=O) groups excluding carboxylic acids is 2. The van der Waals surface area contributed by atoms with Crippen LogP contribution in [-0.2, 0) is 4.79 Å². The monoisotopic (exact) mass is 264 g/mol. The average molecular weight is 264 g/mol. The van der Waals surface area contributed by atoms with Crippen LogP contribution in [0.25, 0.3) is 0 Å².